The van der Waals surface area contributed by atoms with E-state index in [9.17, 15) is 9.59 Å². The van der Waals surface area contributed by atoms with Crippen LogP contribution in [0.2, 0.25) is 0 Å². The zero-order valence-electron chi connectivity index (χ0n) is 16.2. The molecule has 0 spiro atoms. The lowest BCUT2D eigenvalue weighted by Gasteiger charge is -2.14. The summed E-state index contributed by atoms with van der Waals surface area (Å²) in [6.07, 6.45) is 1.73. The van der Waals surface area contributed by atoms with Gasteiger partial charge in [0.25, 0.3) is 5.91 Å². The molecule has 0 atom stereocenters. The van der Waals surface area contributed by atoms with Crippen molar-refractivity contribution in [3.05, 3.63) is 59.2 Å². The quantitative estimate of drug-likeness (QED) is 0.677. The molecular weight excluding hydrogens is 342 g/mol. The Morgan fingerprint density at radius 3 is 2.26 bits per heavy atom. The summed E-state index contributed by atoms with van der Waals surface area (Å²) in [7, 11) is 0. The molecule has 1 N–H and O–H groups in total. The molecule has 0 heterocycles. The molecule has 5 nitrogen and oxygen atoms in total. The first-order valence-electron chi connectivity index (χ1n) is 9.29. The second-order valence-electron chi connectivity index (χ2n) is 6.23. The SMILES string of the molecule is CCc1cccc(CC)c1NC(=O)COC(=O)CCOc1ccccc1C. The summed E-state index contributed by atoms with van der Waals surface area (Å²) < 4.78 is 10.6. The molecular formula is C22H27NO4. The zero-order chi connectivity index (χ0) is 19.6. The van der Waals surface area contributed by atoms with Crippen LogP contribution in [0.3, 0.4) is 0 Å². The molecule has 0 bridgehead atoms. The Hall–Kier alpha value is -2.82. The van der Waals surface area contributed by atoms with Crippen LogP contribution >= 0.6 is 0 Å². The van der Waals surface area contributed by atoms with Crippen molar-refractivity contribution in [3.8, 4) is 5.75 Å². The molecule has 0 radical (unpaired) electrons. The smallest absolute Gasteiger partial charge is 0.309 e. The average molecular weight is 369 g/mol. The second-order valence-corrected chi connectivity index (χ2v) is 6.23. The topological polar surface area (TPSA) is 64.6 Å². The minimum absolute atomic E-state index is 0.0906. The van der Waals surface area contributed by atoms with Crippen molar-refractivity contribution in [2.24, 2.45) is 0 Å². The number of carbonyl (C=O) groups is 2. The summed E-state index contributed by atoms with van der Waals surface area (Å²) >= 11 is 0. The molecule has 1 amide bonds. The minimum atomic E-state index is -0.460. The van der Waals surface area contributed by atoms with Crippen LogP contribution in [0.5, 0.6) is 5.75 Å². The van der Waals surface area contributed by atoms with Gasteiger partial charge in [0.2, 0.25) is 0 Å². The maximum absolute atomic E-state index is 12.2. The van der Waals surface area contributed by atoms with Gasteiger partial charge in [0.1, 0.15) is 5.75 Å². The van der Waals surface area contributed by atoms with E-state index in [4.69, 9.17) is 9.47 Å². The molecule has 2 aromatic rings. The molecule has 0 aromatic heterocycles. The van der Waals surface area contributed by atoms with Crippen LogP contribution in [0, 0.1) is 6.92 Å². The summed E-state index contributed by atoms with van der Waals surface area (Å²) in [5.41, 5.74) is 3.97. The summed E-state index contributed by atoms with van der Waals surface area (Å²) in [6, 6.07) is 13.6. The van der Waals surface area contributed by atoms with Crippen LogP contribution in [0.1, 0.15) is 37.0 Å². The van der Waals surface area contributed by atoms with Crippen LogP contribution in [0.4, 0.5) is 5.69 Å². The van der Waals surface area contributed by atoms with Crippen molar-refractivity contribution in [1.29, 1.82) is 0 Å². The molecule has 0 saturated heterocycles. The molecule has 0 aliphatic heterocycles. The van der Waals surface area contributed by atoms with E-state index in [0.717, 1.165) is 41.0 Å². The van der Waals surface area contributed by atoms with Gasteiger partial charge >= 0.3 is 5.97 Å². The number of anilines is 1. The average Bonchev–Trinajstić information content (AvgIpc) is 2.68. The monoisotopic (exact) mass is 369 g/mol. The molecule has 2 rings (SSSR count). The normalized spacial score (nSPS) is 10.3. The largest absolute Gasteiger partial charge is 0.493 e. The van der Waals surface area contributed by atoms with Crippen molar-refractivity contribution in [1.82, 2.24) is 0 Å². The van der Waals surface area contributed by atoms with Crippen LogP contribution in [-0.4, -0.2) is 25.1 Å². The summed E-state index contributed by atoms with van der Waals surface area (Å²) in [6.45, 7) is 5.93. The number of rotatable bonds is 9. The third-order valence-electron chi connectivity index (χ3n) is 4.28. The van der Waals surface area contributed by atoms with Gasteiger partial charge in [-0.3, -0.25) is 9.59 Å². The number of hydrogen-bond donors (Lipinski definition) is 1. The lowest BCUT2D eigenvalue weighted by molar-refractivity contribution is -0.147. The summed E-state index contributed by atoms with van der Waals surface area (Å²) in [5, 5.41) is 2.88. The minimum Gasteiger partial charge on any atom is -0.493 e. The molecule has 0 unspecified atom stereocenters. The van der Waals surface area contributed by atoms with Gasteiger partial charge in [-0.15, -0.1) is 0 Å². The Balaban J connectivity index is 1.79. The number of aryl methyl sites for hydroxylation is 3. The Bertz CT molecular complexity index is 763. The molecule has 27 heavy (non-hydrogen) atoms. The molecule has 0 fully saturated rings. The van der Waals surface area contributed by atoms with E-state index in [1.165, 1.54) is 0 Å². The van der Waals surface area contributed by atoms with E-state index in [0.29, 0.717) is 0 Å². The zero-order valence-corrected chi connectivity index (χ0v) is 16.2. The molecule has 2 aromatic carbocycles. The molecule has 0 aliphatic rings. The molecule has 0 saturated carbocycles. The lowest BCUT2D eigenvalue weighted by atomic mass is 10.0. The first-order chi connectivity index (χ1) is 13.0. The van der Waals surface area contributed by atoms with Gasteiger partial charge in [-0.2, -0.15) is 0 Å². The van der Waals surface area contributed by atoms with E-state index < -0.39 is 5.97 Å². The Labute approximate surface area is 160 Å². The Kier molecular flexibility index (Phi) is 7.86. The fourth-order valence-corrected chi connectivity index (χ4v) is 2.76. The molecule has 0 aliphatic carbocycles. The summed E-state index contributed by atoms with van der Waals surface area (Å²) in [4.78, 5) is 24.0. The van der Waals surface area contributed by atoms with Gasteiger partial charge in [-0.25, -0.2) is 0 Å². The van der Waals surface area contributed by atoms with Crippen molar-refractivity contribution < 1.29 is 19.1 Å². The van der Waals surface area contributed by atoms with E-state index in [1.54, 1.807) is 0 Å². The first kappa shape index (κ1) is 20.5. The predicted octanol–water partition coefficient (Wildman–Crippen LogP) is 4.07. The third-order valence-corrected chi connectivity index (χ3v) is 4.28. The fraction of sp³-hybridized carbons (Fsp3) is 0.364. The first-order valence-corrected chi connectivity index (χ1v) is 9.29. The van der Waals surface area contributed by atoms with Crippen LogP contribution in [-0.2, 0) is 27.2 Å². The molecule has 5 heteroatoms. The fourth-order valence-electron chi connectivity index (χ4n) is 2.76. The van der Waals surface area contributed by atoms with E-state index in [1.807, 2.05) is 63.2 Å². The second kappa shape index (κ2) is 10.4. The van der Waals surface area contributed by atoms with Gasteiger partial charge in [0, 0.05) is 5.69 Å². The predicted molar refractivity (Wildman–Crippen MR) is 106 cm³/mol. The highest BCUT2D eigenvalue weighted by Crippen LogP contribution is 2.22. The van der Waals surface area contributed by atoms with Crippen LogP contribution in [0.15, 0.2) is 42.5 Å². The van der Waals surface area contributed by atoms with Crippen molar-refractivity contribution in [2.75, 3.05) is 18.5 Å². The number of para-hydroxylation sites is 2. The highest BCUT2D eigenvalue weighted by atomic mass is 16.5. The highest BCUT2D eigenvalue weighted by Gasteiger charge is 2.12. The van der Waals surface area contributed by atoms with Gasteiger partial charge in [0.05, 0.1) is 13.0 Å². The maximum Gasteiger partial charge on any atom is 0.309 e. The molecule has 144 valence electrons. The highest BCUT2D eigenvalue weighted by molar-refractivity contribution is 5.94. The number of hydrogen-bond acceptors (Lipinski definition) is 4. The Morgan fingerprint density at radius 1 is 0.963 bits per heavy atom. The standard InChI is InChI=1S/C22H27NO4/c1-4-17-10-8-11-18(5-2)22(17)23-20(24)15-27-21(25)13-14-26-19-12-7-6-9-16(19)3/h6-12H,4-5,13-15H2,1-3H3,(H,23,24). The number of amides is 1. The van der Waals surface area contributed by atoms with E-state index >= 15 is 0 Å². The number of nitrogens with one attached hydrogen (secondary N) is 1. The van der Waals surface area contributed by atoms with E-state index in [-0.39, 0.29) is 25.5 Å². The van der Waals surface area contributed by atoms with Crippen molar-refractivity contribution >= 4 is 17.6 Å². The van der Waals surface area contributed by atoms with Crippen LogP contribution < -0.4 is 10.1 Å². The number of carbonyl (C=O) groups excluding carboxylic acids is 2. The van der Waals surface area contributed by atoms with Gasteiger partial charge in [-0.05, 0) is 42.5 Å². The van der Waals surface area contributed by atoms with Gasteiger partial charge < -0.3 is 14.8 Å². The van der Waals surface area contributed by atoms with Gasteiger partial charge in [-0.1, -0.05) is 50.2 Å². The number of esters is 1. The lowest BCUT2D eigenvalue weighted by Crippen LogP contribution is -2.23. The Morgan fingerprint density at radius 2 is 1.63 bits per heavy atom. The summed E-state index contributed by atoms with van der Waals surface area (Å²) in [5.74, 6) is -0.0525. The third kappa shape index (κ3) is 6.13. The van der Waals surface area contributed by atoms with Gasteiger partial charge in [0.15, 0.2) is 6.61 Å². The number of ether oxygens (including phenoxy) is 2. The maximum atomic E-state index is 12.2. The van der Waals surface area contributed by atoms with Crippen molar-refractivity contribution in [2.45, 2.75) is 40.0 Å². The van der Waals surface area contributed by atoms with E-state index in [2.05, 4.69) is 5.32 Å². The number of benzene rings is 2. The van der Waals surface area contributed by atoms with Crippen LogP contribution in [0.25, 0.3) is 0 Å². The van der Waals surface area contributed by atoms with Crippen molar-refractivity contribution in [3.63, 3.8) is 0 Å².